The van der Waals surface area contributed by atoms with Crippen molar-refractivity contribution in [2.24, 2.45) is 17.6 Å². The van der Waals surface area contributed by atoms with Gasteiger partial charge in [-0.05, 0) is 31.6 Å². The molecule has 3 amide bonds. The zero-order chi connectivity index (χ0) is 17.5. The molecule has 1 saturated carbocycles. The van der Waals surface area contributed by atoms with Gasteiger partial charge in [0.15, 0.2) is 0 Å². The number of carbonyl (C=O) groups is 3. The van der Waals surface area contributed by atoms with Gasteiger partial charge in [0.25, 0.3) is 0 Å². The summed E-state index contributed by atoms with van der Waals surface area (Å²) in [6.07, 6.45) is 5.77. The highest BCUT2D eigenvalue weighted by atomic mass is 16.2. The number of piperidine rings is 1. The quantitative estimate of drug-likeness (QED) is 0.634. The number of amides is 3. The predicted molar refractivity (Wildman–Crippen MR) is 90.9 cm³/mol. The number of nitrogens with zero attached hydrogens (tertiary/aromatic N) is 1. The third-order valence-electron chi connectivity index (χ3n) is 5.04. The van der Waals surface area contributed by atoms with E-state index in [2.05, 4.69) is 10.6 Å². The first-order valence-corrected chi connectivity index (χ1v) is 9.06. The number of likely N-dealkylation sites (tertiary alicyclic amines) is 1. The Balaban J connectivity index is 1.99. The van der Waals surface area contributed by atoms with Crippen LogP contribution in [0.25, 0.3) is 0 Å². The SMILES string of the molecule is CC(=O)NC(C(=O)N1CCCC(C(=O)NCCN)C1)C1CCCC1. The summed E-state index contributed by atoms with van der Waals surface area (Å²) in [5.74, 6) is -0.207. The normalized spacial score (nSPS) is 22.9. The van der Waals surface area contributed by atoms with Crippen molar-refractivity contribution in [2.45, 2.75) is 51.5 Å². The van der Waals surface area contributed by atoms with Crippen LogP contribution >= 0.6 is 0 Å². The summed E-state index contributed by atoms with van der Waals surface area (Å²) in [7, 11) is 0. The molecule has 0 aromatic rings. The van der Waals surface area contributed by atoms with Crippen molar-refractivity contribution < 1.29 is 14.4 Å². The number of hydrogen-bond acceptors (Lipinski definition) is 4. The van der Waals surface area contributed by atoms with Gasteiger partial charge in [0.1, 0.15) is 6.04 Å². The van der Waals surface area contributed by atoms with Crippen molar-refractivity contribution in [1.82, 2.24) is 15.5 Å². The van der Waals surface area contributed by atoms with Gasteiger partial charge in [-0.3, -0.25) is 14.4 Å². The molecule has 7 heteroatoms. The fourth-order valence-electron chi connectivity index (χ4n) is 3.82. The average molecular weight is 338 g/mol. The lowest BCUT2D eigenvalue weighted by Crippen LogP contribution is -2.55. The van der Waals surface area contributed by atoms with E-state index < -0.39 is 6.04 Å². The van der Waals surface area contributed by atoms with Crippen molar-refractivity contribution in [2.75, 3.05) is 26.2 Å². The summed E-state index contributed by atoms with van der Waals surface area (Å²) in [5, 5.41) is 5.66. The van der Waals surface area contributed by atoms with Crippen LogP contribution in [-0.4, -0.2) is 54.8 Å². The molecular formula is C17H30N4O3. The van der Waals surface area contributed by atoms with Gasteiger partial charge >= 0.3 is 0 Å². The molecule has 2 unspecified atom stereocenters. The summed E-state index contributed by atoms with van der Waals surface area (Å²) in [6.45, 7) is 3.40. The summed E-state index contributed by atoms with van der Waals surface area (Å²) >= 11 is 0. The van der Waals surface area contributed by atoms with E-state index in [-0.39, 0.29) is 29.6 Å². The van der Waals surface area contributed by atoms with E-state index in [1.54, 1.807) is 4.90 Å². The Labute approximate surface area is 143 Å². The highest BCUT2D eigenvalue weighted by molar-refractivity contribution is 5.88. The molecular weight excluding hydrogens is 308 g/mol. The van der Waals surface area contributed by atoms with Gasteiger partial charge in [0, 0.05) is 33.1 Å². The Morgan fingerprint density at radius 1 is 1.17 bits per heavy atom. The maximum Gasteiger partial charge on any atom is 0.245 e. The van der Waals surface area contributed by atoms with E-state index in [1.165, 1.54) is 6.92 Å². The molecule has 0 spiro atoms. The van der Waals surface area contributed by atoms with Gasteiger partial charge in [0.05, 0.1) is 5.92 Å². The van der Waals surface area contributed by atoms with Crippen molar-refractivity contribution in [1.29, 1.82) is 0 Å². The summed E-state index contributed by atoms with van der Waals surface area (Å²) < 4.78 is 0. The van der Waals surface area contributed by atoms with Crippen molar-refractivity contribution >= 4 is 17.7 Å². The molecule has 7 nitrogen and oxygen atoms in total. The lowest BCUT2D eigenvalue weighted by Gasteiger charge is -2.36. The minimum absolute atomic E-state index is 0.0325. The van der Waals surface area contributed by atoms with E-state index in [0.717, 1.165) is 38.5 Å². The van der Waals surface area contributed by atoms with Crippen LogP contribution in [0.4, 0.5) is 0 Å². The molecule has 2 aliphatic rings. The summed E-state index contributed by atoms with van der Waals surface area (Å²) in [5.41, 5.74) is 5.42. The maximum atomic E-state index is 13.0. The lowest BCUT2D eigenvalue weighted by molar-refractivity contribution is -0.140. The number of nitrogens with one attached hydrogen (secondary N) is 2. The third kappa shape index (κ3) is 4.93. The Kier molecular flexibility index (Phi) is 7.02. The first kappa shape index (κ1) is 18.7. The number of nitrogens with two attached hydrogens (primary N) is 1. The summed E-state index contributed by atoms with van der Waals surface area (Å²) in [4.78, 5) is 38.4. The van der Waals surface area contributed by atoms with Gasteiger partial charge in [0.2, 0.25) is 17.7 Å². The van der Waals surface area contributed by atoms with E-state index >= 15 is 0 Å². The molecule has 2 fully saturated rings. The molecule has 2 rings (SSSR count). The Morgan fingerprint density at radius 2 is 1.88 bits per heavy atom. The fourth-order valence-corrected chi connectivity index (χ4v) is 3.82. The van der Waals surface area contributed by atoms with E-state index in [0.29, 0.717) is 26.2 Å². The molecule has 24 heavy (non-hydrogen) atoms. The van der Waals surface area contributed by atoms with Crippen LogP contribution in [0.5, 0.6) is 0 Å². The van der Waals surface area contributed by atoms with Gasteiger partial charge in [-0.25, -0.2) is 0 Å². The Bertz CT molecular complexity index is 463. The molecule has 0 radical (unpaired) electrons. The van der Waals surface area contributed by atoms with Crippen LogP contribution in [0, 0.1) is 11.8 Å². The first-order chi connectivity index (χ1) is 11.5. The average Bonchev–Trinajstić information content (AvgIpc) is 3.11. The second-order valence-corrected chi connectivity index (χ2v) is 6.93. The first-order valence-electron chi connectivity index (χ1n) is 9.06. The number of rotatable bonds is 6. The highest BCUT2D eigenvalue weighted by Gasteiger charge is 2.36. The second kappa shape index (κ2) is 9.01. The molecule has 4 N–H and O–H groups in total. The maximum absolute atomic E-state index is 13.0. The molecule has 0 aromatic heterocycles. The van der Waals surface area contributed by atoms with Crippen LogP contribution < -0.4 is 16.4 Å². The van der Waals surface area contributed by atoms with Crippen LogP contribution in [0.15, 0.2) is 0 Å². The largest absolute Gasteiger partial charge is 0.355 e. The second-order valence-electron chi connectivity index (χ2n) is 6.93. The lowest BCUT2D eigenvalue weighted by atomic mass is 9.93. The zero-order valence-corrected chi connectivity index (χ0v) is 14.6. The smallest absolute Gasteiger partial charge is 0.245 e. The zero-order valence-electron chi connectivity index (χ0n) is 14.6. The minimum atomic E-state index is -0.448. The van der Waals surface area contributed by atoms with Gasteiger partial charge in [-0.2, -0.15) is 0 Å². The molecule has 1 heterocycles. The fraction of sp³-hybridized carbons (Fsp3) is 0.824. The molecule has 136 valence electrons. The van der Waals surface area contributed by atoms with Crippen LogP contribution in [-0.2, 0) is 14.4 Å². The molecule has 0 aromatic carbocycles. The number of carbonyl (C=O) groups excluding carboxylic acids is 3. The van der Waals surface area contributed by atoms with E-state index in [1.807, 2.05) is 0 Å². The topological polar surface area (TPSA) is 105 Å². The van der Waals surface area contributed by atoms with Crippen LogP contribution in [0.3, 0.4) is 0 Å². The molecule has 1 aliphatic heterocycles. The Morgan fingerprint density at radius 3 is 2.50 bits per heavy atom. The van der Waals surface area contributed by atoms with Crippen molar-refractivity contribution in [3.05, 3.63) is 0 Å². The molecule has 0 bridgehead atoms. The Hall–Kier alpha value is -1.63. The molecule has 1 saturated heterocycles. The molecule has 1 aliphatic carbocycles. The third-order valence-corrected chi connectivity index (χ3v) is 5.04. The van der Waals surface area contributed by atoms with Crippen molar-refractivity contribution in [3.63, 3.8) is 0 Å². The molecule has 2 atom stereocenters. The standard InChI is InChI=1S/C17H30N4O3/c1-12(22)20-15(13-5-2-3-6-13)17(24)21-10-4-7-14(11-21)16(23)19-9-8-18/h13-15H,2-11,18H2,1H3,(H,19,23)(H,20,22). The monoisotopic (exact) mass is 338 g/mol. The van der Waals surface area contributed by atoms with Gasteiger partial charge in [-0.1, -0.05) is 12.8 Å². The number of hydrogen-bond donors (Lipinski definition) is 3. The van der Waals surface area contributed by atoms with E-state index in [9.17, 15) is 14.4 Å². The van der Waals surface area contributed by atoms with Gasteiger partial charge < -0.3 is 21.3 Å². The highest BCUT2D eigenvalue weighted by Crippen LogP contribution is 2.29. The van der Waals surface area contributed by atoms with Crippen molar-refractivity contribution in [3.8, 4) is 0 Å². The van der Waals surface area contributed by atoms with Crippen LogP contribution in [0.2, 0.25) is 0 Å². The van der Waals surface area contributed by atoms with Crippen LogP contribution in [0.1, 0.15) is 45.4 Å². The van der Waals surface area contributed by atoms with Gasteiger partial charge in [-0.15, -0.1) is 0 Å². The van der Waals surface area contributed by atoms with E-state index in [4.69, 9.17) is 5.73 Å². The minimum Gasteiger partial charge on any atom is -0.355 e. The predicted octanol–water partition coefficient (Wildman–Crippen LogP) is -0.00520. The summed E-state index contributed by atoms with van der Waals surface area (Å²) in [6, 6.07) is -0.448.